The summed E-state index contributed by atoms with van der Waals surface area (Å²) in [7, 11) is 6.66. The Hall–Kier alpha value is -0.900. The summed E-state index contributed by atoms with van der Waals surface area (Å²) in [6, 6.07) is 8.72. The predicted octanol–water partition coefficient (Wildman–Crippen LogP) is 2.80. The second-order valence-electron chi connectivity index (χ2n) is 7.02. The minimum absolute atomic E-state index is 0.143. The Balaban J connectivity index is 1.82. The van der Waals surface area contributed by atoms with Crippen molar-refractivity contribution < 1.29 is 0 Å². The van der Waals surface area contributed by atoms with Crippen LogP contribution in [-0.2, 0) is 0 Å². The largest absolute Gasteiger partial charge is 0.324 e. The Kier molecular flexibility index (Phi) is 5.42. The topological polar surface area (TPSA) is 32.5 Å². The first-order chi connectivity index (χ1) is 9.93. The monoisotopic (exact) mass is 289 g/mol. The summed E-state index contributed by atoms with van der Waals surface area (Å²) in [6.45, 7) is 4.34. The number of benzene rings is 1. The third kappa shape index (κ3) is 4.06. The Labute approximate surface area is 130 Å². The zero-order valence-electron chi connectivity index (χ0n) is 14.1. The fourth-order valence-corrected chi connectivity index (χ4v) is 3.34. The normalized spacial score (nSPS) is 18.8. The molecule has 0 spiro atoms. The minimum Gasteiger partial charge on any atom is -0.324 e. The van der Waals surface area contributed by atoms with Gasteiger partial charge in [0.25, 0.3) is 0 Å². The van der Waals surface area contributed by atoms with Crippen molar-refractivity contribution in [2.24, 2.45) is 5.73 Å². The molecule has 21 heavy (non-hydrogen) atoms. The van der Waals surface area contributed by atoms with Crippen LogP contribution >= 0.6 is 0 Å². The molecule has 1 aliphatic rings. The van der Waals surface area contributed by atoms with E-state index >= 15 is 0 Å². The molecular weight excluding hydrogens is 258 g/mol. The second-order valence-corrected chi connectivity index (χ2v) is 7.02. The molecule has 1 aromatic rings. The van der Waals surface area contributed by atoms with Gasteiger partial charge in [0, 0.05) is 18.1 Å². The molecule has 0 aliphatic heterocycles. The summed E-state index contributed by atoms with van der Waals surface area (Å²) in [5.74, 6) is 0. The number of hydrogen-bond donors (Lipinski definition) is 1. The van der Waals surface area contributed by atoms with Crippen molar-refractivity contribution in [1.29, 1.82) is 0 Å². The number of nitrogens with two attached hydrogens (primary N) is 1. The SMILES string of the molecule is Cc1cccc(C(N)CCN(C)CC2(N(C)C)CCC2)c1. The van der Waals surface area contributed by atoms with Gasteiger partial charge in [0.1, 0.15) is 0 Å². The highest BCUT2D eigenvalue weighted by Gasteiger charge is 2.39. The molecule has 0 heterocycles. The van der Waals surface area contributed by atoms with E-state index in [0.717, 1.165) is 19.5 Å². The first-order valence-corrected chi connectivity index (χ1v) is 8.11. The third-order valence-corrected chi connectivity index (χ3v) is 5.09. The van der Waals surface area contributed by atoms with Crippen LogP contribution in [0.1, 0.15) is 42.9 Å². The molecule has 0 bridgehead atoms. The minimum atomic E-state index is 0.143. The van der Waals surface area contributed by atoms with E-state index in [1.54, 1.807) is 0 Å². The van der Waals surface area contributed by atoms with Gasteiger partial charge in [-0.15, -0.1) is 0 Å². The van der Waals surface area contributed by atoms with E-state index in [2.05, 4.69) is 62.1 Å². The summed E-state index contributed by atoms with van der Waals surface area (Å²) in [5, 5.41) is 0. The van der Waals surface area contributed by atoms with Crippen molar-refractivity contribution in [3.63, 3.8) is 0 Å². The summed E-state index contributed by atoms with van der Waals surface area (Å²) in [4.78, 5) is 4.86. The maximum Gasteiger partial charge on any atom is 0.0330 e. The first kappa shape index (κ1) is 16.5. The molecule has 3 heteroatoms. The fourth-order valence-electron chi connectivity index (χ4n) is 3.34. The maximum atomic E-state index is 6.35. The number of nitrogens with zero attached hydrogens (tertiary/aromatic N) is 2. The molecule has 118 valence electrons. The van der Waals surface area contributed by atoms with Crippen LogP contribution in [0.5, 0.6) is 0 Å². The Bertz CT molecular complexity index is 452. The van der Waals surface area contributed by atoms with Crippen LogP contribution in [0, 0.1) is 6.92 Å². The predicted molar refractivity (Wildman–Crippen MR) is 90.5 cm³/mol. The maximum absolute atomic E-state index is 6.35. The lowest BCUT2D eigenvalue weighted by molar-refractivity contribution is 0.0272. The van der Waals surface area contributed by atoms with Crippen LogP contribution in [0.25, 0.3) is 0 Å². The van der Waals surface area contributed by atoms with Crippen LogP contribution in [0.2, 0.25) is 0 Å². The van der Waals surface area contributed by atoms with Crippen molar-refractivity contribution in [2.75, 3.05) is 34.2 Å². The molecule has 1 unspecified atom stereocenters. The summed E-state index contributed by atoms with van der Waals surface area (Å²) < 4.78 is 0. The molecule has 1 aliphatic carbocycles. The van der Waals surface area contributed by atoms with Crippen LogP contribution in [0.4, 0.5) is 0 Å². The fraction of sp³-hybridized carbons (Fsp3) is 0.667. The lowest BCUT2D eigenvalue weighted by atomic mass is 9.75. The van der Waals surface area contributed by atoms with E-state index in [-0.39, 0.29) is 6.04 Å². The zero-order valence-corrected chi connectivity index (χ0v) is 14.1. The van der Waals surface area contributed by atoms with Gasteiger partial charge in [-0.25, -0.2) is 0 Å². The summed E-state index contributed by atoms with van der Waals surface area (Å²) >= 11 is 0. The average molecular weight is 289 g/mol. The lowest BCUT2D eigenvalue weighted by Gasteiger charge is -2.49. The van der Waals surface area contributed by atoms with Crippen LogP contribution in [0.3, 0.4) is 0 Å². The van der Waals surface area contributed by atoms with Gasteiger partial charge in [-0.3, -0.25) is 0 Å². The van der Waals surface area contributed by atoms with Crippen molar-refractivity contribution >= 4 is 0 Å². The highest BCUT2D eigenvalue weighted by molar-refractivity contribution is 5.24. The molecule has 2 N–H and O–H groups in total. The highest BCUT2D eigenvalue weighted by atomic mass is 15.2. The van der Waals surface area contributed by atoms with Gasteiger partial charge >= 0.3 is 0 Å². The summed E-state index contributed by atoms with van der Waals surface area (Å²) in [6.07, 6.45) is 5.04. The van der Waals surface area contributed by atoms with Crippen molar-refractivity contribution in [2.45, 2.75) is 44.2 Å². The number of rotatable bonds is 7. The number of aryl methyl sites for hydroxylation is 1. The van der Waals surface area contributed by atoms with Gasteiger partial charge in [-0.2, -0.15) is 0 Å². The van der Waals surface area contributed by atoms with Gasteiger partial charge in [-0.05, 0) is 65.9 Å². The molecule has 1 aromatic carbocycles. The van der Waals surface area contributed by atoms with Crippen molar-refractivity contribution in [1.82, 2.24) is 9.80 Å². The van der Waals surface area contributed by atoms with Gasteiger partial charge in [-0.1, -0.05) is 29.8 Å². The smallest absolute Gasteiger partial charge is 0.0330 e. The Morgan fingerprint density at radius 1 is 1.24 bits per heavy atom. The molecule has 0 aromatic heterocycles. The lowest BCUT2D eigenvalue weighted by Crippen LogP contribution is -2.56. The van der Waals surface area contributed by atoms with Gasteiger partial charge < -0.3 is 15.5 Å². The molecule has 0 amide bonds. The Morgan fingerprint density at radius 2 is 1.95 bits per heavy atom. The van der Waals surface area contributed by atoms with Crippen molar-refractivity contribution in [3.05, 3.63) is 35.4 Å². The second kappa shape index (κ2) is 6.91. The van der Waals surface area contributed by atoms with Crippen molar-refractivity contribution in [3.8, 4) is 0 Å². The third-order valence-electron chi connectivity index (χ3n) is 5.09. The molecule has 3 nitrogen and oxygen atoms in total. The first-order valence-electron chi connectivity index (χ1n) is 8.11. The quantitative estimate of drug-likeness (QED) is 0.838. The molecule has 0 radical (unpaired) electrons. The van der Waals surface area contributed by atoms with Crippen LogP contribution in [0.15, 0.2) is 24.3 Å². The van der Waals surface area contributed by atoms with Crippen LogP contribution < -0.4 is 5.73 Å². The highest BCUT2D eigenvalue weighted by Crippen LogP contribution is 2.36. The number of likely N-dealkylation sites (N-methyl/N-ethyl adjacent to an activating group) is 2. The Morgan fingerprint density at radius 3 is 2.48 bits per heavy atom. The summed E-state index contributed by atoms with van der Waals surface area (Å²) in [5.41, 5.74) is 9.30. The van der Waals surface area contributed by atoms with E-state index in [9.17, 15) is 0 Å². The molecule has 1 fully saturated rings. The molecular formula is C18H31N3. The molecule has 2 rings (SSSR count). The van der Waals surface area contributed by atoms with E-state index < -0.39 is 0 Å². The van der Waals surface area contributed by atoms with Gasteiger partial charge in [0.15, 0.2) is 0 Å². The standard InChI is InChI=1S/C18H31N3/c1-15-7-5-8-16(13-15)17(19)9-12-21(4)14-18(20(2)3)10-6-11-18/h5,7-8,13,17H,6,9-12,14,19H2,1-4H3. The average Bonchev–Trinajstić information content (AvgIpc) is 2.39. The molecule has 0 saturated heterocycles. The van der Waals surface area contributed by atoms with E-state index in [0.29, 0.717) is 5.54 Å². The molecule has 1 saturated carbocycles. The van der Waals surface area contributed by atoms with E-state index in [4.69, 9.17) is 5.73 Å². The molecule has 1 atom stereocenters. The van der Waals surface area contributed by atoms with Crippen LogP contribution in [-0.4, -0.2) is 49.6 Å². The van der Waals surface area contributed by atoms with Gasteiger partial charge in [0.05, 0.1) is 0 Å². The number of hydrogen-bond acceptors (Lipinski definition) is 3. The van der Waals surface area contributed by atoms with E-state index in [1.807, 2.05) is 0 Å². The van der Waals surface area contributed by atoms with Gasteiger partial charge in [0.2, 0.25) is 0 Å². The van der Waals surface area contributed by atoms with E-state index in [1.165, 1.54) is 30.4 Å². The zero-order chi connectivity index (χ0) is 15.5.